The molecule has 17 heavy (non-hydrogen) atoms. The fraction of sp³-hybridized carbons (Fsp3) is 0.571. The van der Waals surface area contributed by atoms with Crippen LogP contribution in [0.15, 0.2) is 12.1 Å². The van der Waals surface area contributed by atoms with E-state index in [1.807, 2.05) is 12.1 Å². The van der Waals surface area contributed by atoms with Crippen LogP contribution in [0.25, 0.3) is 0 Å². The summed E-state index contributed by atoms with van der Waals surface area (Å²) in [6, 6.07) is 3.95. The number of hydrogen-bond acceptors (Lipinski definition) is 3. The molecule has 0 saturated carbocycles. The third kappa shape index (κ3) is 2.48. The van der Waals surface area contributed by atoms with E-state index in [1.165, 1.54) is 5.56 Å². The zero-order valence-electron chi connectivity index (χ0n) is 11.0. The van der Waals surface area contributed by atoms with Crippen LogP contribution in [0.4, 0.5) is 0 Å². The van der Waals surface area contributed by atoms with E-state index in [9.17, 15) is 0 Å². The molecule has 1 aliphatic heterocycles. The van der Waals surface area contributed by atoms with Gasteiger partial charge in [-0.2, -0.15) is 0 Å². The Bertz CT molecular complexity index is 373. The lowest BCUT2D eigenvalue weighted by atomic mass is 9.88. The van der Waals surface area contributed by atoms with Gasteiger partial charge in [0.15, 0.2) is 11.5 Å². The van der Waals surface area contributed by atoms with Crippen molar-refractivity contribution in [3.63, 3.8) is 0 Å². The van der Waals surface area contributed by atoms with Crippen LogP contribution in [0.3, 0.4) is 0 Å². The third-order valence-electron chi connectivity index (χ3n) is 3.26. The normalized spacial score (nSPS) is 17.6. The van der Waals surface area contributed by atoms with Gasteiger partial charge in [-0.1, -0.05) is 13.8 Å². The highest BCUT2D eigenvalue weighted by Gasteiger charge is 2.25. The van der Waals surface area contributed by atoms with Crippen LogP contribution in [-0.2, 0) is 6.42 Å². The molecule has 0 aromatic heterocycles. The van der Waals surface area contributed by atoms with Gasteiger partial charge in [0.05, 0.1) is 20.8 Å². The van der Waals surface area contributed by atoms with E-state index in [4.69, 9.17) is 14.2 Å². The van der Waals surface area contributed by atoms with Crippen LogP contribution >= 0.6 is 0 Å². The first kappa shape index (κ1) is 12.1. The van der Waals surface area contributed by atoms with Crippen molar-refractivity contribution >= 4 is 0 Å². The third-order valence-corrected chi connectivity index (χ3v) is 3.26. The van der Waals surface area contributed by atoms with Crippen molar-refractivity contribution in [2.75, 3.05) is 20.8 Å². The molecule has 2 rings (SSSR count). The van der Waals surface area contributed by atoms with E-state index in [2.05, 4.69) is 13.8 Å². The molecule has 0 N–H and O–H groups in total. The molecule has 1 heterocycles. The van der Waals surface area contributed by atoms with Crippen molar-refractivity contribution in [3.05, 3.63) is 17.7 Å². The highest BCUT2D eigenvalue weighted by Crippen LogP contribution is 2.39. The molecule has 0 unspecified atom stereocenters. The van der Waals surface area contributed by atoms with Crippen molar-refractivity contribution in [2.45, 2.75) is 26.7 Å². The predicted octanol–water partition coefficient (Wildman–Crippen LogP) is 3.06. The monoisotopic (exact) mass is 236 g/mol. The lowest BCUT2D eigenvalue weighted by Gasteiger charge is -2.20. The second-order valence-electron chi connectivity index (χ2n) is 5.27. The number of fused-ring (bicyclic) bond motifs is 1. The lowest BCUT2D eigenvalue weighted by Crippen LogP contribution is -2.19. The molecule has 0 saturated heterocycles. The van der Waals surface area contributed by atoms with Crippen LogP contribution < -0.4 is 14.2 Å². The summed E-state index contributed by atoms with van der Waals surface area (Å²) in [5.74, 6) is 2.42. The highest BCUT2D eigenvalue weighted by molar-refractivity contribution is 5.51. The first-order valence-electron chi connectivity index (χ1n) is 5.93. The molecular weight excluding hydrogens is 216 g/mol. The van der Waals surface area contributed by atoms with E-state index in [0.29, 0.717) is 0 Å². The second-order valence-corrected chi connectivity index (χ2v) is 5.27. The molecule has 0 bridgehead atoms. The molecule has 0 radical (unpaired) electrons. The van der Waals surface area contributed by atoms with Crippen LogP contribution in [0.2, 0.25) is 0 Å². The number of methoxy groups -OCH3 is 2. The van der Waals surface area contributed by atoms with Crippen molar-refractivity contribution in [1.29, 1.82) is 0 Å². The van der Waals surface area contributed by atoms with Crippen molar-refractivity contribution < 1.29 is 14.2 Å². The van der Waals surface area contributed by atoms with E-state index >= 15 is 0 Å². The maximum atomic E-state index is 5.87. The van der Waals surface area contributed by atoms with Gasteiger partial charge >= 0.3 is 0 Å². The van der Waals surface area contributed by atoms with Gasteiger partial charge in [-0.3, -0.25) is 0 Å². The van der Waals surface area contributed by atoms with E-state index in [0.717, 1.165) is 36.7 Å². The summed E-state index contributed by atoms with van der Waals surface area (Å²) < 4.78 is 16.5. The Morgan fingerprint density at radius 2 is 1.76 bits per heavy atom. The zero-order chi connectivity index (χ0) is 12.5. The maximum Gasteiger partial charge on any atom is 0.164 e. The average Bonchev–Trinajstić information content (AvgIpc) is 2.47. The van der Waals surface area contributed by atoms with Gasteiger partial charge in [-0.25, -0.2) is 0 Å². The first-order chi connectivity index (χ1) is 8.05. The topological polar surface area (TPSA) is 27.7 Å². The van der Waals surface area contributed by atoms with E-state index in [1.54, 1.807) is 14.2 Å². The minimum Gasteiger partial charge on any atom is -0.493 e. The van der Waals surface area contributed by atoms with Gasteiger partial charge < -0.3 is 14.2 Å². The van der Waals surface area contributed by atoms with Gasteiger partial charge in [-0.15, -0.1) is 0 Å². The summed E-state index contributed by atoms with van der Waals surface area (Å²) in [5.41, 5.74) is 1.42. The van der Waals surface area contributed by atoms with Crippen LogP contribution in [0.5, 0.6) is 17.2 Å². The largest absolute Gasteiger partial charge is 0.493 e. The first-order valence-corrected chi connectivity index (χ1v) is 5.93. The Balaban J connectivity index is 2.37. The van der Waals surface area contributed by atoms with Gasteiger partial charge in [-0.05, 0) is 29.9 Å². The maximum absolute atomic E-state index is 5.87. The molecule has 1 aromatic carbocycles. The molecular formula is C14H20O3. The van der Waals surface area contributed by atoms with E-state index in [-0.39, 0.29) is 5.41 Å². The molecule has 1 aliphatic rings. The fourth-order valence-electron chi connectivity index (χ4n) is 2.05. The highest BCUT2D eigenvalue weighted by atomic mass is 16.5. The van der Waals surface area contributed by atoms with Gasteiger partial charge in [0.1, 0.15) is 5.75 Å². The van der Waals surface area contributed by atoms with Crippen molar-refractivity contribution in [2.24, 2.45) is 5.41 Å². The van der Waals surface area contributed by atoms with E-state index < -0.39 is 0 Å². The molecule has 3 nitrogen and oxygen atoms in total. The minimum atomic E-state index is 0.222. The number of rotatable bonds is 2. The predicted molar refractivity (Wildman–Crippen MR) is 67.1 cm³/mol. The fourth-order valence-corrected chi connectivity index (χ4v) is 2.05. The number of benzene rings is 1. The number of ether oxygens (including phenoxy) is 3. The molecule has 0 atom stereocenters. The SMILES string of the molecule is COc1cc2c(cc1OC)OCC(C)(C)CC2. The molecule has 1 aromatic rings. The lowest BCUT2D eigenvalue weighted by molar-refractivity contribution is 0.182. The summed E-state index contributed by atoms with van der Waals surface area (Å²) in [5, 5.41) is 0. The molecule has 0 aliphatic carbocycles. The Labute approximate surface area is 103 Å². The summed E-state index contributed by atoms with van der Waals surface area (Å²) in [7, 11) is 3.30. The van der Waals surface area contributed by atoms with Gasteiger partial charge in [0.2, 0.25) is 0 Å². The Morgan fingerprint density at radius 1 is 1.12 bits per heavy atom. The second kappa shape index (κ2) is 4.47. The van der Waals surface area contributed by atoms with Gasteiger partial charge in [0.25, 0.3) is 0 Å². The average molecular weight is 236 g/mol. The Morgan fingerprint density at radius 3 is 2.41 bits per heavy atom. The van der Waals surface area contributed by atoms with Crippen LogP contribution in [-0.4, -0.2) is 20.8 Å². The quantitative estimate of drug-likeness (QED) is 0.790. The standard InChI is InChI=1S/C14H20O3/c1-14(2)6-5-10-7-12(15-3)13(16-4)8-11(10)17-9-14/h7-8H,5-6,9H2,1-4H3. The zero-order valence-corrected chi connectivity index (χ0v) is 11.0. The molecule has 0 spiro atoms. The Hall–Kier alpha value is -1.38. The molecule has 3 heteroatoms. The Kier molecular flexibility index (Phi) is 3.18. The van der Waals surface area contributed by atoms with Crippen molar-refractivity contribution in [3.8, 4) is 17.2 Å². The van der Waals surface area contributed by atoms with Crippen LogP contribution in [0, 0.1) is 5.41 Å². The molecule has 0 fully saturated rings. The summed E-state index contributed by atoms with van der Waals surface area (Å²) in [6.45, 7) is 5.20. The number of aryl methyl sites for hydroxylation is 1. The van der Waals surface area contributed by atoms with Gasteiger partial charge in [0, 0.05) is 6.07 Å². The molecule has 0 amide bonds. The summed E-state index contributed by atoms with van der Waals surface area (Å²) >= 11 is 0. The minimum absolute atomic E-state index is 0.222. The number of hydrogen-bond donors (Lipinski definition) is 0. The summed E-state index contributed by atoms with van der Waals surface area (Å²) in [4.78, 5) is 0. The van der Waals surface area contributed by atoms with Crippen LogP contribution in [0.1, 0.15) is 25.8 Å². The summed E-state index contributed by atoms with van der Waals surface area (Å²) in [6.07, 6.45) is 2.14. The molecule has 94 valence electrons. The van der Waals surface area contributed by atoms with Crippen molar-refractivity contribution in [1.82, 2.24) is 0 Å². The smallest absolute Gasteiger partial charge is 0.164 e.